The summed E-state index contributed by atoms with van der Waals surface area (Å²) in [6.07, 6.45) is 4.88. The van der Waals surface area contributed by atoms with E-state index in [0.717, 1.165) is 56.5 Å². The van der Waals surface area contributed by atoms with Gasteiger partial charge >= 0.3 is 0 Å². The normalized spacial score (nSPS) is 15.6. The Balaban J connectivity index is 1.46. The van der Waals surface area contributed by atoms with Crippen molar-refractivity contribution in [2.24, 2.45) is 0 Å². The number of nitriles is 1. The number of rotatable bonds is 5. The van der Waals surface area contributed by atoms with E-state index in [4.69, 9.17) is 15.2 Å². The highest BCUT2D eigenvalue weighted by Crippen LogP contribution is 2.32. The second-order valence-corrected chi connectivity index (χ2v) is 7.08. The number of piperidine rings is 1. The minimum atomic E-state index is -0.306. The van der Waals surface area contributed by atoms with Crippen LogP contribution in [0.5, 0.6) is 0 Å². The van der Waals surface area contributed by atoms with Gasteiger partial charge in [-0.3, -0.25) is 10.3 Å². The van der Waals surface area contributed by atoms with Gasteiger partial charge in [0.15, 0.2) is 11.8 Å². The monoisotopic (exact) mass is 372 g/mol. The fourth-order valence-electron chi connectivity index (χ4n) is 3.60. The minimum Gasteiger partial charge on any atom is -0.356 e. The zero-order valence-corrected chi connectivity index (χ0v) is 15.8. The van der Waals surface area contributed by atoms with Crippen molar-refractivity contribution in [2.45, 2.75) is 25.2 Å². The Morgan fingerprint density at radius 2 is 2.15 bits per heavy atom. The number of hydrogen-bond donors (Lipinski definition) is 1. The van der Waals surface area contributed by atoms with Gasteiger partial charge in [0.05, 0.1) is 5.69 Å². The summed E-state index contributed by atoms with van der Waals surface area (Å²) < 4.78 is 18.6. The lowest BCUT2D eigenvalue weighted by molar-refractivity contribution is 0.202. The summed E-state index contributed by atoms with van der Waals surface area (Å²) >= 11 is 0. The van der Waals surface area contributed by atoms with E-state index in [1.807, 2.05) is 13.2 Å². The van der Waals surface area contributed by atoms with Crippen LogP contribution in [-0.2, 0) is 0 Å². The van der Waals surface area contributed by atoms with Crippen LogP contribution in [0.25, 0.3) is 11.0 Å². The molecule has 1 aliphatic rings. The van der Waals surface area contributed by atoms with Crippen LogP contribution in [-0.4, -0.2) is 66.1 Å². The van der Waals surface area contributed by atoms with E-state index in [1.165, 1.54) is 17.0 Å². The molecule has 144 valence electrons. The third kappa shape index (κ3) is 4.37. The van der Waals surface area contributed by atoms with Crippen molar-refractivity contribution in [3.05, 3.63) is 29.7 Å². The van der Waals surface area contributed by atoms with Gasteiger partial charge in [0, 0.05) is 38.0 Å². The molecule has 27 heavy (non-hydrogen) atoms. The van der Waals surface area contributed by atoms with Crippen molar-refractivity contribution in [3.63, 3.8) is 0 Å². The quantitative estimate of drug-likeness (QED) is 0.376. The maximum Gasteiger partial charge on any atom is 0.206 e. The van der Waals surface area contributed by atoms with Gasteiger partial charge in [-0.2, -0.15) is 5.26 Å². The van der Waals surface area contributed by atoms with E-state index in [2.05, 4.69) is 10.1 Å². The number of guanidine groups is 1. The van der Waals surface area contributed by atoms with Gasteiger partial charge in [0.1, 0.15) is 5.82 Å². The van der Waals surface area contributed by atoms with Gasteiger partial charge in [0.25, 0.3) is 0 Å². The number of nitrogens with one attached hydrogen (secondary N) is 1. The molecule has 1 aromatic heterocycles. The molecule has 2 aromatic rings. The first-order valence-corrected chi connectivity index (χ1v) is 9.20. The molecule has 1 fully saturated rings. The summed E-state index contributed by atoms with van der Waals surface area (Å²) in [5.74, 6) is 0.248. The second-order valence-electron chi connectivity index (χ2n) is 7.08. The first kappa shape index (κ1) is 19.1. The molecule has 0 spiro atoms. The lowest BCUT2D eigenvalue weighted by Gasteiger charge is -2.32. The zero-order valence-electron chi connectivity index (χ0n) is 15.8. The Hall–Kier alpha value is -2.66. The van der Waals surface area contributed by atoms with E-state index < -0.39 is 0 Å². The van der Waals surface area contributed by atoms with Gasteiger partial charge < -0.3 is 14.3 Å². The summed E-state index contributed by atoms with van der Waals surface area (Å²) in [5, 5.41) is 21.8. The first-order valence-electron chi connectivity index (χ1n) is 9.20. The van der Waals surface area contributed by atoms with Crippen LogP contribution in [0.3, 0.4) is 0 Å². The average molecular weight is 372 g/mol. The SMILES string of the molecule is CN(C#N)C(=N)N(C)CCCN1CCC(c2noc3cc(F)ccc23)CC1. The van der Waals surface area contributed by atoms with Crippen LogP contribution in [0.15, 0.2) is 22.7 Å². The number of benzene rings is 1. The maximum atomic E-state index is 13.3. The number of aromatic nitrogens is 1. The summed E-state index contributed by atoms with van der Waals surface area (Å²) in [4.78, 5) is 5.46. The largest absolute Gasteiger partial charge is 0.356 e. The van der Waals surface area contributed by atoms with Crippen molar-refractivity contribution in [2.75, 3.05) is 40.3 Å². The number of likely N-dealkylation sites (tertiary alicyclic amines) is 1. The lowest BCUT2D eigenvalue weighted by atomic mass is 9.91. The Kier molecular flexibility index (Phi) is 5.91. The fraction of sp³-hybridized carbons (Fsp3) is 0.526. The van der Waals surface area contributed by atoms with Crippen LogP contribution in [0, 0.1) is 22.7 Å². The van der Waals surface area contributed by atoms with Crippen LogP contribution >= 0.6 is 0 Å². The van der Waals surface area contributed by atoms with E-state index in [1.54, 1.807) is 18.0 Å². The number of nitrogens with zero attached hydrogens (tertiary/aromatic N) is 5. The van der Waals surface area contributed by atoms with Crippen LogP contribution < -0.4 is 0 Å². The van der Waals surface area contributed by atoms with E-state index in [-0.39, 0.29) is 11.8 Å². The smallest absolute Gasteiger partial charge is 0.206 e. The molecule has 0 saturated carbocycles. The zero-order chi connectivity index (χ0) is 19.4. The second kappa shape index (κ2) is 8.35. The van der Waals surface area contributed by atoms with E-state index >= 15 is 0 Å². The fourth-order valence-corrected chi connectivity index (χ4v) is 3.60. The molecule has 0 radical (unpaired) electrons. The van der Waals surface area contributed by atoms with Crippen molar-refractivity contribution in [1.29, 1.82) is 10.7 Å². The van der Waals surface area contributed by atoms with Crippen molar-refractivity contribution < 1.29 is 8.91 Å². The molecule has 0 amide bonds. The van der Waals surface area contributed by atoms with Crippen molar-refractivity contribution >= 4 is 16.9 Å². The minimum absolute atomic E-state index is 0.213. The summed E-state index contributed by atoms with van der Waals surface area (Å²) in [6, 6.07) is 4.60. The molecule has 1 N–H and O–H groups in total. The molecule has 0 bridgehead atoms. The van der Waals surface area contributed by atoms with E-state index in [9.17, 15) is 4.39 Å². The Morgan fingerprint density at radius 3 is 2.85 bits per heavy atom. The van der Waals surface area contributed by atoms with Gasteiger partial charge in [-0.1, -0.05) is 5.16 Å². The molecule has 1 aliphatic heterocycles. The van der Waals surface area contributed by atoms with Crippen molar-refractivity contribution in [3.8, 4) is 6.19 Å². The number of halogens is 1. The summed E-state index contributed by atoms with van der Waals surface area (Å²) in [5.41, 5.74) is 1.46. The van der Waals surface area contributed by atoms with Crippen LogP contribution in [0.4, 0.5) is 4.39 Å². The Bertz CT molecular complexity index is 836. The van der Waals surface area contributed by atoms with Gasteiger partial charge in [-0.05, 0) is 51.0 Å². The number of hydrogen-bond acceptors (Lipinski definition) is 5. The lowest BCUT2D eigenvalue weighted by Crippen LogP contribution is -2.39. The third-order valence-corrected chi connectivity index (χ3v) is 5.23. The van der Waals surface area contributed by atoms with Crippen LogP contribution in [0.1, 0.15) is 30.9 Å². The molecule has 0 atom stereocenters. The molecule has 7 nitrogen and oxygen atoms in total. The topological polar surface area (TPSA) is 83.4 Å². The molecule has 3 rings (SSSR count). The molecule has 0 unspecified atom stereocenters. The van der Waals surface area contributed by atoms with Crippen LogP contribution in [0.2, 0.25) is 0 Å². The average Bonchev–Trinajstić information content (AvgIpc) is 3.10. The molecule has 1 saturated heterocycles. The van der Waals surface area contributed by atoms with Gasteiger partial charge in [0.2, 0.25) is 5.96 Å². The molecular formula is C19H25FN6O. The highest BCUT2D eigenvalue weighted by atomic mass is 19.1. The molecule has 8 heteroatoms. The molecule has 0 aliphatic carbocycles. The highest BCUT2D eigenvalue weighted by Gasteiger charge is 2.25. The Morgan fingerprint density at radius 1 is 1.41 bits per heavy atom. The molecule has 1 aromatic carbocycles. The maximum absolute atomic E-state index is 13.3. The molecule has 2 heterocycles. The molecular weight excluding hydrogens is 347 g/mol. The van der Waals surface area contributed by atoms with Gasteiger partial charge in [-0.15, -0.1) is 0 Å². The first-order chi connectivity index (χ1) is 13.0. The summed E-state index contributed by atoms with van der Waals surface area (Å²) in [6.45, 7) is 3.68. The Labute approximate surface area is 158 Å². The predicted octanol–water partition coefficient (Wildman–Crippen LogP) is 2.82. The van der Waals surface area contributed by atoms with E-state index in [0.29, 0.717) is 11.5 Å². The highest BCUT2D eigenvalue weighted by molar-refractivity contribution is 5.80. The summed E-state index contributed by atoms with van der Waals surface area (Å²) in [7, 11) is 3.42. The number of fused-ring (bicyclic) bond motifs is 1. The third-order valence-electron chi connectivity index (χ3n) is 5.23. The predicted molar refractivity (Wildman–Crippen MR) is 101 cm³/mol. The van der Waals surface area contributed by atoms with Gasteiger partial charge in [-0.25, -0.2) is 4.39 Å². The standard InChI is InChI=1S/C19H25FN6O/c1-24(19(22)25(2)13-21)8-3-9-26-10-6-14(7-11-26)18-16-5-4-15(20)12-17(16)27-23-18/h4-5,12,14,22H,3,6-11H2,1-2H3. The van der Waals surface area contributed by atoms with Crippen molar-refractivity contribution in [1.82, 2.24) is 19.9 Å².